The maximum absolute atomic E-state index is 13.7. The minimum Gasteiger partial charge on any atom is -0.494 e. The summed E-state index contributed by atoms with van der Waals surface area (Å²) in [5.74, 6) is -0.349. The first-order valence-electron chi connectivity index (χ1n) is 6.19. The summed E-state index contributed by atoms with van der Waals surface area (Å²) in [6.45, 7) is 5.98. The molecule has 1 aromatic carbocycles. The van der Waals surface area contributed by atoms with E-state index in [0.29, 0.717) is 10.4 Å². The van der Waals surface area contributed by atoms with Gasteiger partial charge in [-0.15, -0.1) is 5.10 Å². The van der Waals surface area contributed by atoms with Gasteiger partial charge in [0.25, 0.3) is 0 Å². The van der Waals surface area contributed by atoms with Crippen molar-refractivity contribution >= 4 is 11.5 Å². The van der Waals surface area contributed by atoms with E-state index < -0.39 is 11.9 Å². The molecule has 2 rings (SSSR count). The third-order valence-electron chi connectivity index (χ3n) is 2.96. The topological polar surface area (TPSA) is 55.2 Å². The van der Waals surface area contributed by atoms with Crippen LogP contribution in [0.15, 0.2) is 18.2 Å². The van der Waals surface area contributed by atoms with Crippen LogP contribution >= 0.6 is 11.5 Å². The number of aliphatic hydroxyl groups excluding tert-OH is 1. The Morgan fingerprint density at radius 2 is 2.05 bits per heavy atom. The Bertz CT molecular complexity index is 607. The zero-order valence-corrected chi connectivity index (χ0v) is 12.7. The molecule has 20 heavy (non-hydrogen) atoms. The van der Waals surface area contributed by atoms with Crippen molar-refractivity contribution in [2.45, 2.75) is 32.3 Å². The van der Waals surface area contributed by atoms with Crippen molar-refractivity contribution in [3.05, 3.63) is 40.2 Å². The van der Waals surface area contributed by atoms with Gasteiger partial charge in [0, 0.05) is 5.41 Å². The molecule has 0 spiro atoms. The number of hydrogen-bond donors (Lipinski definition) is 1. The summed E-state index contributed by atoms with van der Waals surface area (Å²) in [6.07, 6.45) is -0.940. The third kappa shape index (κ3) is 2.81. The standard InChI is InChI=1S/C14H17FN2O2S/c1-14(2,3)13-12(20-17-16-13)11(18)8-5-6-10(19-4)9(15)7-8/h5-7,11,18H,1-4H3. The van der Waals surface area contributed by atoms with Crippen LogP contribution in [0.2, 0.25) is 0 Å². The Kier molecular flexibility index (Phi) is 4.06. The molecule has 1 heterocycles. The van der Waals surface area contributed by atoms with Gasteiger partial charge in [-0.05, 0) is 29.2 Å². The van der Waals surface area contributed by atoms with Crippen LogP contribution < -0.4 is 4.74 Å². The molecule has 0 radical (unpaired) electrons. The van der Waals surface area contributed by atoms with Gasteiger partial charge in [0.15, 0.2) is 11.6 Å². The van der Waals surface area contributed by atoms with Crippen LogP contribution in [-0.2, 0) is 5.41 Å². The number of halogens is 1. The van der Waals surface area contributed by atoms with Crippen LogP contribution in [0, 0.1) is 5.82 Å². The van der Waals surface area contributed by atoms with Gasteiger partial charge in [-0.25, -0.2) is 4.39 Å². The minimum absolute atomic E-state index is 0.152. The van der Waals surface area contributed by atoms with Crippen LogP contribution in [0.3, 0.4) is 0 Å². The van der Waals surface area contributed by atoms with Crippen molar-refractivity contribution < 1.29 is 14.2 Å². The Balaban J connectivity index is 2.39. The smallest absolute Gasteiger partial charge is 0.165 e. The predicted molar refractivity (Wildman–Crippen MR) is 75.6 cm³/mol. The molecule has 108 valence electrons. The highest BCUT2D eigenvalue weighted by Gasteiger charge is 2.27. The maximum Gasteiger partial charge on any atom is 0.165 e. The fourth-order valence-corrected chi connectivity index (χ4v) is 2.78. The van der Waals surface area contributed by atoms with Crippen molar-refractivity contribution in [3.8, 4) is 5.75 Å². The molecule has 0 bridgehead atoms. The van der Waals surface area contributed by atoms with Crippen molar-refractivity contribution in [1.82, 2.24) is 9.59 Å². The highest BCUT2D eigenvalue weighted by Crippen LogP contribution is 2.34. The summed E-state index contributed by atoms with van der Waals surface area (Å²) in [5, 5.41) is 14.5. The highest BCUT2D eigenvalue weighted by atomic mass is 32.1. The van der Waals surface area contributed by atoms with Crippen LogP contribution in [0.5, 0.6) is 5.75 Å². The third-order valence-corrected chi connectivity index (χ3v) is 3.74. The Labute approximate surface area is 121 Å². The lowest BCUT2D eigenvalue weighted by molar-refractivity contribution is 0.220. The van der Waals surface area contributed by atoms with Gasteiger partial charge in [-0.1, -0.05) is 31.3 Å². The van der Waals surface area contributed by atoms with Crippen molar-refractivity contribution in [2.75, 3.05) is 7.11 Å². The number of nitrogens with zero attached hydrogens (tertiary/aromatic N) is 2. The Hall–Kier alpha value is -1.53. The van der Waals surface area contributed by atoms with Gasteiger partial charge in [0.1, 0.15) is 6.10 Å². The van der Waals surface area contributed by atoms with Crippen molar-refractivity contribution in [1.29, 1.82) is 0 Å². The lowest BCUT2D eigenvalue weighted by Crippen LogP contribution is -2.16. The second kappa shape index (κ2) is 5.46. The molecule has 0 aliphatic carbocycles. The molecule has 0 amide bonds. The first kappa shape index (κ1) is 14.9. The minimum atomic E-state index is -0.940. The van der Waals surface area contributed by atoms with Crippen LogP contribution in [0.1, 0.15) is 43.0 Å². The van der Waals surface area contributed by atoms with E-state index in [1.54, 1.807) is 6.07 Å². The SMILES string of the molecule is COc1ccc(C(O)c2snnc2C(C)(C)C)cc1F. The average molecular weight is 296 g/mol. The van der Waals surface area contributed by atoms with Crippen molar-refractivity contribution in [3.63, 3.8) is 0 Å². The first-order valence-corrected chi connectivity index (χ1v) is 6.96. The summed E-state index contributed by atoms with van der Waals surface area (Å²) < 4.78 is 22.5. The van der Waals surface area contributed by atoms with Gasteiger partial charge in [0.2, 0.25) is 0 Å². The summed E-state index contributed by atoms with van der Waals surface area (Å²) in [5.41, 5.74) is 0.958. The summed E-state index contributed by atoms with van der Waals surface area (Å²) in [6, 6.07) is 4.41. The molecule has 2 aromatic rings. The number of rotatable bonds is 3. The Morgan fingerprint density at radius 3 is 2.60 bits per heavy atom. The van der Waals surface area contributed by atoms with Gasteiger partial charge in [-0.2, -0.15) is 0 Å². The molecule has 0 aliphatic rings. The second-order valence-corrected chi connectivity index (χ2v) is 6.32. The highest BCUT2D eigenvalue weighted by molar-refractivity contribution is 7.05. The summed E-state index contributed by atoms with van der Waals surface area (Å²) >= 11 is 1.13. The quantitative estimate of drug-likeness (QED) is 0.945. The zero-order valence-electron chi connectivity index (χ0n) is 11.8. The fourth-order valence-electron chi connectivity index (χ4n) is 1.90. The van der Waals surface area contributed by atoms with Crippen LogP contribution in [0.25, 0.3) is 0 Å². The molecule has 0 aliphatic heterocycles. The van der Waals surface area contributed by atoms with E-state index in [2.05, 4.69) is 9.59 Å². The molecule has 4 nitrogen and oxygen atoms in total. The number of benzene rings is 1. The van der Waals surface area contributed by atoms with E-state index in [1.165, 1.54) is 19.2 Å². The van der Waals surface area contributed by atoms with Gasteiger partial charge in [0.05, 0.1) is 17.7 Å². The first-order chi connectivity index (χ1) is 9.34. The van der Waals surface area contributed by atoms with Crippen LogP contribution in [0.4, 0.5) is 4.39 Å². The van der Waals surface area contributed by atoms with E-state index in [9.17, 15) is 9.50 Å². The Morgan fingerprint density at radius 1 is 1.35 bits per heavy atom. The normalized spacial score (nSPS) is 13.3. The number of aromatic nitrogens is 2. The summed E-state index contributed by atoms with van der Waals surface area (Å²) in [4.78, 5) is 0.641. The molecule has 1 N–H and O–H groups in total. The largest absolute Gasteiger partial charge is 0.494 e. The van der Waals surface area contributed by atoms with Gasteiger partial charge < -0.3 is 9.84 Å². The fraction of sp³-hybridized carbons (Fsp3) is 0.429. The van der Waals surface area contributed by atoms with Gasteiger partial charge in [-0.3, -0.25) is 0 Å². The molecule has 0 fully saturated rings. The lowest BCUT2D eigenvalue weighted by Gasteiger charge is -2.19. The predicted octanol–water partition coefficient (Wildman–Crippen LogP) is 3.07. The van der Waals surface area contributed by atoms with Crippen molar-refractivity contribution in [2.24, 2.45) is 0 Å². The van der Waals surface area contributed by atoms with Gasteiger partial charge >= 0.3 is 0 Å². The van der Waals surface area contributed by atoms with E-state index in [4.69, 9.17) is 4.74 Å². The average Bonchev–Trinajstić information content (AvgIpc) is 2.86. The number of aliphatic hydroxyl groups is 1. The van der Waals surface area contributed by atoms with Crippen LogP contribution in [-0.4, -0.2) is 21.8 Å². The molecular weight excluding hydrogens is 279 g/mol. The molecule has 1 aromatic heterocycles. The van der Waals surface area contributed by atoms with E-state index in [-0.39, 0.29) is 11.2 Å². The number of methoxy groups -OCH3 is 1. The molecule has 1 unspecified atom stereocenters. The number of hydrogen-bond acceptors (Lipinski definition) is 5. The molecule has 0 saturated carbocycles. The summed E-state index contributed by atoms with van der Waals surface area (Å²) in [7, 11) is 1.40. The monoisotopic (exact) mass is 296 g/mol. The molecule has 0 saturated heterocycles. The van der Waals surface area contributed by atoms with E-state index in [0.717, 1.165) is 17.2 Å². The molecule has 1 atom stereocenters. The number of ether oxygens (including phenoxy) is 1. The lowest BCUT2D eigenvalue weighted by atomic mass is 9.89. The second-order valence-electron chi connectivity index (χ2n) is 5.53. The molecule has 6 heteroatoms. The van der Waals surface area contributed by atoms with E-state index in [1.807, 2.05) is 20.8 Å². The van der Waals surface area contributed by atoms with E-state index >= 15 is 0 Å². The zero-order chi connectivity index (χ0) is 14.9. The molecular formula is C14H17FN2O2S. The maximum atomic E-state index is 13.7.